The van der Waals surface area contributed by atoms with Crippen molar-refractivity contribution in [1.29, 1.82) is 5.26 Å². The molecule has 1 atom stereocenters. The van der Waals surface area contributed by atoms with Crippen LogP contribution in [0.3, 0.4) is 0 Å². The fourth-order valence-corrected chi connectivity index (χ4v) is 2.60. The van der Waals surface area contributed by atoms with E-state index in [-0.39, 0.29) is 17.2 Å². The van der Waals surface area contributed by atoms with Crippen molar-refractivity contribution in [3.8, 4) is 6.07 Å². The monoisotopic (exact) mass is 257 g/mol. The minimum Gasteiger partial charge on any atom is -0.324 e. The van der Waals surface area contributed by atoms with Crippen LogP contribution in [-0.2, 0) is 4.79 Å². The summed E-state index contributed by atoms with van der Waals surface area (Å²) in [6.07, 6.45) is 0.839. The number of nitriles is 1. The number of para-hydroxylation sites is 1. The van der Waals surface area contributed by atoms with Crippen LogP contribution in [0.5, 0.6) is 0 Å². The summed E-state index contributed by atoms with van der Waals surface area (Å²) in [5, 5.41) is 15.2. The molecule has 1 amide bonds. The lowest BCUT2D eigenvalue weighted by molar-refractivity contribution is -0.126. The number of anilines is 1. The Bertz CT molecular complexity index is 510. The van der Waals surface area contributed by atoms with E-state index in [9.17, 15) is 4.79 Å². The molecule has 100 valence electrons. The van der Waals surface area contributed by atoms with E-state index in [0.29, 0.717) is 17.8 Å². The lowest BCUT2D eigenvalue weighted by Crippen LogP contribution is -2.42. The van der Waals surface area contributed by atoms with E-state index in [1.165, 1.54) is 0 Å². The van der Waals surface area contributed by atoms with E-state index in [2.05, 4.69) is 30.6 Å². The van der Waals surface area contributed by atoms with Gasteiger partial charge in [0.25, 0.3) is 0 Å². The summed E-state index contributed by atoms with van der Waals surface area (Å²) in [6, 6.07) is 9.21. The number of carbonyl (C=O) groups is 1. The number of amides is 1. The largest absolute Gasteiger partial charge is 0.324 e. The molecule has 0 bridgehead atoms. The van der Waals surface area contributed by atoms with E-state index >= 15 is 0 Å². The molecule has 1 unspecified atom stereocenters. The number of benzene rings is 1. The lowest BCUT2D eigenvalue weighted by atomic mass is 9.75. The van der Waals surface area contributed by atoms with Gasteiger partial charge in [-0.1, -0.05) is 26.0 Å². The normalized spacial score (nSPS) is 22.2. The predicted octanol–water partition coefficient (Wildman–Crippen LogP) is 2.13. The molecule has 2 N–H and O–H groups in total. The van der Waals surface area contributed by atoms with E-state index in [1.807, 2.05) is 6.07 Å². The van der Waals surface area contributed by atoms with Crippen LogP contribution in [0.2, 0.25) is 0 Å². The Kier molecular flexibility index (Phi) is 3.87. The van der Waals surface area contributed by atoms with E-state index in [1.54, 1.807) is 18.2 Å². The molecule has 2 rings (SSSR count). The highest BCUT2D eigenvalue weighted by Gasteiger charge is 2.43. The second kappa shape index (κ2) is 5.41. The summed E-state index contributed by atoms with van der Waals surface area (Å²) in [6.45, 7) is 5.71. The van der Waals surface area contributed by atoms with Crippen molar-refractivity contribution < 1.29 is 4.79 Å². The Labute approximate surface area is 113 Å². The topological polar surface area (TPSA) is 64.9 Å². The van der Waals surface area contributed by atoms with Crippen molar-refractivity contribution in [1.82, 2.24) is 5.32 Å². The fraction of sp³-hybridized carbons (Fsp3) is 0.467. The second-order valence-corrected chi connectivity index (χ2v) is 5.35. The van der Waals surface area contributed by atoms with Crippen LogP contribution < -0.4 is 10.6 Å². The van der Waals surface area contributed by atoms with Crippen molar-refractivity contribution in [2.45, 2.75) is 20.3 Å². The highest BCUT2D eigenvalue weighted by Crippen LogP contribution is 2.35. The Morgan fingerprint density at radius 2 is 2.21 bits per heavy atom. The van der Waals surface area contributed by atoms with Gasteiger partial charge in [-0.2, -0.15) is 5.26 Å². The Hall–Kier alpha value is -1.86. The molecule has 19 heavy (non-hydrogen) atoms. The van der Waals surface area contributed by atoms with Crippen molar-refractivity contribution >= 4 is 11.6 Å². The van der Waals surface area contributed by atoms with Crippen LogP contribution in [0.4, 0.5) is 5.69 Å². The zero-order valence-corrected chi connectivity index (χ0v) is 11.4. The van der Waals surface area contributed by atoms with Crippen molar-refractivity contribution in [2.24, 2.45) is 11.3 Å². The first-order valence-electron chi connectivity index (χ1n) is 6.61. The number of hydrogen-bond acceptors (Lipinski definition) is 3. The van der Waals surface area contributed by atoms with Gasteiger partial charge in [0.05, 0.1) is 16.7 Å². The molecule has 1 aromatic carbocycles. The molecule has 1 fully saturated rings. The van der Waals surface area contributed by atoms with Gasteiger partial charge in [-0.15, -0.1) is 0 Å². The van der Waals surface area contributed by atoms with Gasteiger partial charge in [0.1, 0.15) is 6.07 Å². The molecule has 1 aliphatic rings. The maximum Gasteiger partial charge on any atom is 0.232 e. The molecule has 1 aromatic rings. The zero-order chi connectivity index (χ0) is 13.9. The molecule has 0 aliphatic carbocycles. The predicted molar refractivity (Wildman–Crippen MR) is 74.5 cm³/mol. The SMILES string of the molecule is CC(C)C1(C(=O)Nc2ccccc2C#N)CCNC1. The van der Waals surface area contributed by atoms with Crippen LogP contribution in [0, 0.1) is 22.7 Å². The van der Waals surface area contributed by atoms with E-state index < -0.39 is 0 Å². The van der Waals surface area contributed by atoms with Crippen LogP contribution >= 0.6 is 0 Å². The van der Waals surface area contributed by atoms with Crippen LogP contribution in [-0.4, -0.2) is 19.0 Å². The Morgan fingerprint density at radius 1 is 1.47 bits per heavy atom. The zero-order valence-electron chi connectivity index (χ0n) is 11.4. The Morgan fingerprint density at radius 3 is 2.79 bits per heavy atom. The molecule has 4 heteroatoms. The summed E-state index contributed by atoms with van der Waals surface area (Å²) in [5.41, 5.74) is 0.727. The molecule has 1 heterocycles. The van der Waals surface area contributed by atoms with Crippen LogP contribution in [0.15, 0.2) is 24.3 Å². The van der Waals surface area contributed by atoms with E-state index in [0.717, 1.165) is 13.0 Å². The van der Waals surface area contributed by atoms with Crippen LogP contribution in [0.25, 0.3) is 0 Å². The van der Waals surface area contributed by atoms with Crippen LogP contribution in [0.1, 0.15) is 25.8 Å². The molecule has 0 spiro atoms. The standard InChI is InChI=1S/C15H19N3O/c1-11(2)15(7-8-17-10-15)14(19)18-13-6-4-3-5-12(13)9-16/h3-6,11,17H,7-8,10H2,1-2H3,(H,18,19). The average Bonchev–Trinajstić information content (AvgIpc) is 2.90. The van der Waals surface area contributed by atoms with Crippen molar-refractivity contribution in [3.63, 3.8) is 0 Å². The highest BCUT2D eigenvalue weighted by molar-refractivity contribution is 5.97. The number of carbonyl (C=O) groups excluding carboxylic acids is 1. The molecule has 4 nitrogen and oxygen atoms in total. The summed E-state index contributed by atoms with van der Waals surface area (Å²) < 4.78 is 0. The molecular formula is C15H19N3O. The first-order chi connectivity index (χ1) is 9.10. The van der Waals surface area contributed by atoms with Gasteiger partial charge in [-0.25, -0.2) is 0 Å². The maximum absolute atomic E-state index is 12.6. The lowest BCUT2D eigenvalue weighted by Gasteiger charge is -2.31. The quantitative estimate of drug-likeness (QED) is 0.871. The van der Waals surface area contributed by atoms with Gasteiger partial charge < -0.3 is 10.6 Å². The molecule has 1 saturated heterocycles. The molecule has 1 aliphatic heterocycles. The molecule has 0 aromatic heterocycles. The van der Waals surface area contributed by atoms with E-state index in [4.69, 9.17) is 5.26 Å². The minimum atomic E-state index is -0.372. The summed E-state index contributed by atoms with van der Waals surface area (Å²) in [5.74, 6) is 0.270. The maximum atomic E-state index is 12.6. The number of hydrogen-bond donors (Lipinski definition) is 2. The summed E-state index contributed by atoms with van der Waals surface area (Å²) in [4.78, 5) is 12.6. The third-order valence-corrected chi connectivity index (χ3v) is 4.04. The molecule has 0 radical (unpaired) electrons. The number of nitrogens with one attached hydrogen (secondary N) is 2. The highest BCUT2D eigenvalue weighted by atomic mass is 16.2. The summed E-state index contributed by atoms with van der Waals surface area (Å²) >= 11 is 0. The van der Waals surface area contributed by atoms with Gasteiger partial charge in [-0.3, -0.25) is 4.79 Å². The number of nitrogens with zero attached hydrogens (tertiary/aromatic N) is 1. The third kappa shape index (κ3) is 2.47. The van der Waals surface area contributed by atoms with Gasteiger partial charge in [0.15, 0.2) is 0 Å². The smallest absolute Gasteiger partial charge is 0.232 e. The first-order valence-corrected chi connectivity index (χ1v) is 6.61. The van der Waals surface area contributed by atoms with Crippen molar-refractivity contribution in [3.05, 3.63) is 29.8 Å². The number of rotatable bonds is 3. The fourth-order valence-electron chi connectivity index (χ4n) is 2.60. The summed E-state index contributed by atoms with van der Waals surface area (Å²) in [7, 11) is 0. The van der Waals surface area contributed by atoms with Gasteiger partial charge >= 0.3 is 0 Å². The minimum absolute atomic E-state index is 0.00944. The third-order valence-electron chi connectivity index (χ3n) is 4.04. The van der Waals surface area contributed by atoms with Crippen molar-refractivity contribution in [2.75, 3.05) is 18.4 Å². The van der Waals surface area contributed by atoms with Gasteiger partial charge in [-0.05, 0) is 31.0 Å². The first kappa shape index (κ1) is 13.6. The van der Waals surface area contributed by atoms with Gasteiger partial charge in [0, 0.05) is 6.54 Å². The second-order valence-electron chi connectivity index (χ2n) is 5.35. The molecular weight excluding hydrogens is 238 g/mol. The average molecular weight is 257 g/mol. The molecule has 0 saturated carbocycles. The Balaban J connectivity index is 2.23. The van der Waals surface area contributed by atoms with Gasteiger partial charge in [0.2, 0.25) is 5.91 Å².